The molecule has 1 unspecified atom stereocenters. The van der Waals surface area contributed by atoms with E-state index in [1.54, 1.807) is 38.1 Å². The van der Waals surface area contributed by atoms with Gasteiger partial charge in [-0.05, 0) is 32.2 Å². The van der Waals surface area contributed by atoms with Crippen LogP contribution in [-0.4, -0.2) is 25.0 Å². The maximum absolute atomic E-state index is 12.4. The van der Waals surface area contributed by atoms with Gasteiger partial charge in [-0.25, -0.2) is 4.57 Å². The number of benzene rings is 1. The van der Waals surface area contributed by atoms with Crippen molar-refractivity contribution in [1.29, 1.82) is 0 Å². The first-order valence-electron chi connectivity index (χ1n) is 5.89. The molecule has 0 aliphatic rings. The van der Waals surface area contributed by atoms with Gasteiger partial charge in [0.05, 0.1) is 13.7 Å². The number of ether oxygens (including phenoxy) is 1. The predicted octanol–water partition coefficient (Wildman–Crippen LogP) is 3.93. The van der Waals surface area contributed by atoms with Crippen molar-refractivity contribution in [3.8, 4) is 11.5 Å². The van der Waals surface area contributed by atoms with E-state index in [4.69, 9.17) is 18.4 Å². The van der Waals surface area contributed by atoms with Crippen LogP contribution >= 0.6 is 19.6 Å². The molecule has 0 fully saturated rings. The highest BCUT2D eigenvalue weighted by molar-refractivity contribution is 8.13. The summed E-state index contributed by atoms with van der Waals surface area (Å²) < 4.78 is 32.9. The second-order valence-electron chi connectivity index (χ2n) is 3.50. The molecule has 0 saturated heterocycles. The Bertz CT molecular complexity index is 508. The molecule has 0 spiro atoms. The predicted molar refractivity (Wildman–Crippen MR) is 80.6 cm³/mol. The summed E-state index contributed by atoms with van der Waals surface area (Å²) >= 11 is 1.37. The number of phosphoric ester groups is 1. The van der Waals surface area contributed by atoms with Gasteiger partial charge in [-0.2, -0.15) is 0 Å². The molecule has 0 heterocycles. The van der Waals surface area contributed by atoms with E-state index in [0.717, 1.165) is 0 Å². The maximum atomic E-state index is 12.4. The number of phosphoric acid groups is 1. The highest BCUT2D eigenvalue weighted by Gasteiger charge is 2.31. The minimum atomic E-state index is -3.83. The van der Waals surface area contributed by atoms with Gasteiger partial charge in [0.15, 0.2) is 11.5 Å². The molecule has 1 aromatic carbocycles. The topological polar surface area (TPSA) is 66.4 Å². The molecular weight excluding hydrogens is 301 g/mol. The number of thioether (sulfide) groups is 1. The van der Waals surface area contributed by atoms with Gasteiger partial charge in [-0.15, -0.1) is 11.8 Å². The molecule has 0 aliphatic carbocycles. The summed E-state index contributed by atoms with van der Waals surface area (Å²) in [4.78, 5) is 0. The Morgan fingerprint density at radius 2 is 2.00 bits per heavy atom. The summed E-state index contributed by atoms with van der Waals surface area (Å²) in [7, 11) is -2.34. The largest absolute Gasteiger partial charge is 0.608 e. The van der Waals surface area contributed by atoms with Crippen molar-refractivity contribution in [2.45, 2.75) is 13.8 Å². The zero-order chi connectivity index (χ0) is 15.0. The Balaban J connectivity index is 2.93. The summed E-state index contributed by atoms with van der Waals surface area (Å²) in [5, 5.41) is 4.32. The first-order chi connectivity index (χ1) is 9.54. The fourth-order valence-corrected chi connectivity index (χ4v) is 2.41. The molecule has 1 atom stereocenters. The van der Waals surface area contributed by atoms with Gasteiger partial charge >= 0.3 is 7.82 Å². The van der Waals surface area contributed by atoms with Crippen LogP contribution < -0.4 is 9.26 Å². The van der Waals surface area contributed by atoms with Crippen LogP contribution in [0.15, 0.2) is 29.4 Å². The minimum absolute atomic E-state index is 0.167. The molecular formula is C12H18NO5PS. The molecule has 0 aliphatic heterocycles. The first kappa shape index (κ1) is 16.9. The van der Waals surface area contributed by atoms with Crippen molar-refractivity contribution in [1.82, 2.24) is 0 Å². The smallest absolute Gasteiger partial charge is 0.493 e. The van der Waals surface area contributed by atoms with E-state index >= 15 is 0 Å². The Kier molecular flexibility index (Phi) is 6.91. The standard InChI is InChI=1S/C12H18NO5PS/c1-5-16-19(14,18-13-10(2)20-4)17-12-9-7-6-8-11(12)15-3/h6-9H,5H2,1-4H3/b13-10+. The van der Waals surface area contributed by atoms with Gasteiger partial charge in [0.2, 0.25) is 0 Å². The van der Waals surface area contributed by atoms with Crippen LogP contribution in [0.25, 0.3) is 0 Å². The number of nitrogens with zero attached hydrogens (tertiary/aromatic N) is 1. The highest BCUT2D eigenvalue weighted by Crippen LogP contribution is 2.51. The molecule has 8 heteroatoms. The van der Waals surface area contributed by atoms with E-state index in [9.17, 15) is 4.57 Å². The molecule has 0 bridgehead atoms. The van der Waals surface area contributed by atoms with Crippen LogP contribution in [0, 0.1) is 0 Å². The van der Waals surface area contributed by atoms with Gasteiger partial charge in [0.25, 0.3) is 0 Å². The third-order valence-corrected chi connectivity index (χ3v) is 4.07. The molecule has 0 amide bonds. The molecule has 112 valence electrons. The molecule has 0 aromatic heterocycles. The average Bonchev–Trinajstić information content (AvgIpc) is 2.45. The summed E-state index contributed by atoms with van der Waals surface area (Å²) in [5.41, 5.74) is 0. The van der Waals surface area contributed by atoms with E-state index < -0.39 is 7.82 Å². The second kappa shape index (κ2) is 8.19. The first-order valence-corrected chi connectivity index (χ1v) is 8.57. The van der Waals surface area contributed by atoms with Crippen LogP contribution in [0.2, 0.25) is 0 Å². The lowest BCUT2D eigenvalue weighted by molar-refractivity contribution is 0.165. The highest BCUT2D eigenvalue weighted by atomic mass is 32.2. The summed E-state index contributed by atoms with van der Waals surface area (Å²) in [5.74, 6) is 0.699. The Morgan fingerprint density at radius 1 is 1.35 bits per heavy atom. The molecule has 6 nitrogen and oxygen atoms in total. The average molecular weight is 319 g/mol. The van der Waals surface area contributed by atoms with E-state index in [2.05, 4.69) is 5.16 Å². The zero-order valence-corrected chi connectivity index (χ0v) is 13.6. The number of para-hydroxylation sites is 2. The van der Waals surface area contributed by atoms with E-state index in [-0.39, 0.29) is 12.4 Å². The summed E-state index contributed by atoms with van der Waals surface area (Å²) in [6.07, 6.45) is 1.83. The van der Waals surface area contributed by atoms with Gasteiger partial charge in [0, 0.05) is 0 Å². The van der Waals surface area contributed by atoms with Crippen LogP contribution in [0.4, 0.5) is 0 Å². The minimum Gasteiger partial charge on any atom is -0.493 e. The Labute approximate surface area is 123 Å². The van der Waals surface area contributed by atoms with Crippen molar-refractivity contribution >= 4 is 24.6 Å². The van der Waals surface area contributed by atoms with Crippen LogP contribution in [-0.2, 0) is 13.7 Å². The number of hydrogen-bond donors (Lipinski definition) is 0. The van der Waals surface area contributed by atoms with Crippen LogP contribution in [0.5, 0.6) is 11.5 Å². The van der Waals surface area contributed by atoms with E-state index in [0.29, 0.717) is 10.8 Å². The number of methoxy groups -OCH3 is 1. The molecule has 0 radical (unpaired) electrons. The Morgan fingerprint density at radius 3 is 2.55 bits per heavy atom. The lowest BCUT2D eigenvalue weighted by Crippen LogP contribution is -2.01. The molecule has 1 aromatic rings. The third-order valence-electron chi connectivity index (χ3n) is 2.13. The van der Waals surface area contributed by atoms with Gasteiger partial charge in [-0.1, -0.05) is 17.3 Å². The zero-order valence-electron chi connectivity index (χ0n) is 11.9. The third kappa shape index (κ3) is 5.07. The Hall–Kier alpha value is -1.17. The summed E-state index contributed by atoms with van der Waals surface area (Å²) in [6.45, 7) is 3.58. The number of oxime groups is 1. The molecule has 1 rings (SSSR count). The number of hydrogen-bond acceptors (Lipinski definition) is 7. The van der Waals surface area contributed by atoms with Crippen molar-refractivity contribution in [3.63, 3.8) is 0 Å². The fourth-order valence-electron chi connectivity index (χ4n) is 1.18. The molecule has 0 saturated carbocycles. The van der Waals surface area contributed by atoms with Gasteiger partial charge in [0.1, 0.15) is 5.04 Å². The van der Waals surface area contributed by atoms with Crippen molar-refractivity contribution in [2.24, 2.45) is 5.16 Å². The lowest BCUT2D eigenvalue weighted by atomic mass is 10.3. The van der Waals surface area contributed by atoms with Crippen molar-refractivity contribution in [2.75, 3.05) is 20.0 Å². The molecule has 0 N–H and O–H groups in total. The fraction of sp³-hybridized carbons (Fsp3) is 0.417. The van der Waals surface area contributed by atoms with Crippen LogP contribution in [0.1, 0.15) is 13.8 Å². The SMILES string of the molecule is CCOP(=O)(O/N=C(\C)SC)Oc1ccccc1OC. The summed E-state index contributed by atoms with van der Waals surface area (Å²) in [6, 6.07) is 6.79. The second-order valence-corrected chi connectivity index (χ2v) is 6.00. The van der Waals surface area contributed by atoms with Crippen molar-refractivity contribution < 1.29 is 23.0 Å². The van der Waals surface area contributed by atoms with E-state index in [1.165, 1.54) is 18.9 Å². The monoisotopic (exact) mass is 319 g/mol. The lowest BCUT2D eigenvalue weighted by Gasteiger charge is -2.16. The van der Waals surface area contributed by atoms with Crippen molar-refractivity contribution in [3.05, 3.63) is 24.3 Å². The normalized spacial score (nSPS) is 14.5. The molecule has 20 heavy (non-hydrogen) atoms. The number of rotatable bonds is 7. The quantitative estimate of drug-likeness (QED) is 0.328. The maximum Gasteiger partial charge on any atom is 0.608 e. The van der Waals surface area contributed by atoms with Gasteiger partial charge < -0.3 is 9.26 Å². The van der Waals surface area contributed by atoms with E-state index in [1.807, 2.05) is 6.26 Å². The van der Waals surface area contributed by atoms with Crippen LogP contribution in [0.3, 0.4) is 0 Å². The van der Waals surface area contributed by atoms with Gasteiger partial charge in [-0.3, -0.25) is 9.15 Å².